The molecule has 0 bridgehead atoms. The summed E-state index contributed by atoms with van der Waals surface area (Å²) in [6.45, 7) is 2.70. The van der Waals surface area contributed by atoms with Gasteiger partial charge in [-0.15, -0.1) is 0 Å². The molecule has 1 aromatic heterocycles. The summed E-state index contributed by atoms with van der Waals surface area (Å²) in [5, 5.41) is 0. The van der Waals surface area contributed by atoms with Gasteiger partial charge in [0.2, 0.25) is 5.88 Å². The van der Waals surface area contributed by atoms with E-state index in [1.807, 2.05) is 13.0 Å². The smallest absolute Gasteiger partial charge is 0.218 e. The molecule has 0 unspecified atom stereocenters. The molecule has 3 nitrogen and oxygen atoms in total. The predicted octanol–water partition coefficient (Wildman–Crippen LogP) is 0.907. The minimum Gasteiger partial charge on any atom is -0.477 e. The molecule has 0 saturated carbocycles. The Kier molecular flexibility index (Phi) is 1.24. The van der Waals surface area contributed by atoms with Gasteiger partial charge in [-0.1, -0.05) is 0 Å². The van der Waals surface area contributed by atoms with E-state index < -0.39 is 0 Å². The average molecular weight is 150 g/mol. The first-order chi connectivity index (χ1) is 5.27. The van der Waals surface area contributed by atoms with Crippen molar-refractivity contribution >= 4 is 5.82 Å². The van der Waals surface area contributed by atoms with E-state index in [-0.39, 0.29) is 0 Å². The zero-order valence-electron chi connectivity index (χ0n) is 6.42. The Morgan fingerprint density at radius 1 is 1.64 bits per heavy atom. The molecular weight excluding hydrogens is 140 g/mol. The van der Waals surface area contributed by atoms with Gasteiger partial charge in [0.05, 0.1) is 6.61 Å². The number of hydrogen-bond donors (Lipinski definition) is 1. The Hall–Kier alpha value is -1.25. The lowest BCUT2D eigenvalue weighted by atomic mass is 10.2. The van der Waals surface area contributed by atoms with Gasteiger partial charge >= 0.3 is 0 Å². The molecule has 0 atom stereocenters. The number of nitrogens with two attached hydrogens (primary N) is 1. The van der Waals surface area contributed by atoms with Gasteiger partial charge in [0.15, 0.2) is 0 Å². The highest BCUT2D eigenvalue weighted by Crippen LogP contribution is 2.25. The van der Waals surface area contributed by atoms with Gasteiger partial charge in [-0.3, -0.25) is 0 Å². The minimum absolute atomic E-state index is 0.575. The Morgan fingerprint density at radius 2 is 2.45 bits per heavy atom. The van der Waals surface area contributed by atoms with Crippen molar-refractivity contribution in [3.8, 4) is 5.88 Å². The molecule has 11 heavy (non-hydrogen) atoms. The van der Waals surface area contributed by atoms with Gasteiger partial charge in [0, 0.05) is 12.0 Å². The number of pyridine rings is 1. The van der Waals surface area contributed by atoms with Crippen LogP contribution in [0.25, 0.3) is 0 Å². The zero-order chi connectivity index (χ0) is 7.84. The van der Waals surface area contributed by atoms with Crippen molar-refractivity contribution in [2.45, 2.75) is 13.3 Å². The summed E-state index contributed by atoms with van der Waals surface area (Å²) in [6.07, 6.45) is 0.962. The van der Waals surface area contributed by atoms with E-state index in [0.29, 0.717) is 11.7 Å². The standard InChI is InChI=1S/C8H10N2O/c1-5-4-6-2-3-11-8(6)10-7(5)9/h4H,2-3H2,1H3,(H2,9,10). The monoisotopic (exact) mass is 150 g/mol. The summed E-state index contributed by atoms with van der Waals surface area (Å²) in [4.78, 5) is 4.11. The van der Waals surface area contributed by atoms with Crippen molar-refractivity contribution in [3.63, 3.8) is 0 Å². The maximum absolute atomic E-state index is 5.60. The number of fused-ring (bicyclic) bond motifs is 1. The molecule has 0 spiro atoms. The number of nitrogens with zero attached hydrogens (tertiary/aromatic N) is 1. The number of nitrogen functional groups attached to an aromatic ring is 1. The fourth-order valence-electron chi connectivity index (χ4n) is 1.23. The van der Waals surface area contributed by atoms with Gasteiger partial charge < -0.3 is 10.5 Å². The predicted molar refractivity (Wildman–Crippen MR) is 42.6 cm³/mol. The van der Waals surface area contributed by atoms with Gasteiger partial charge in [-0.2, -0.15) is 4.98 Å². The van der Waals surface area contributed by atoms with Crippen LogP contribution < -0.4 is 10.5 Å². The molecule has 58 valence electrons. The van der Waals surface area contributed by atoms with E-state index in [9.17, 15) is 0 Å². The van der Waals surface area contributed by atoms with E-state index in [1.165, 1.54) is 5.56 Å². The summed E-state index contributed by atoms with van der Waals surface area (Å²) in [5.74, 6) is 1.29. The van der Waals surface area contributed by atoms with E-state index in [0.717, 1.165) is 18.6 Å². The van der Waals surface area contributed by atoms with Crippen LogP contribution in [0.3, 0.4) is 0 Å². The maximum Gasteiger partial charge on any atom is 0.218 e. The highest BCUT2D eigenvalue weighted by Gasteiger charge is 2.14. The number of aromatic nitrogens is 1. The molecule has 1 aliphatic rings. The lowest BCUT2D eigenvalue weighted by Gasteiger charge is -2.01. The number of aryl methyl sites for hydroxylation is 1. The summed E-state index contributed by atoms with van der Waals surface area (Å²) < 4.78 is 5.24. The summed E-state index contributed by atoms with van der Waals surface area (Å²) >= 11 is 0. The molecule has 0 fully saturated rings. The first-order valence-electron chi connectivity index (χ1n) is 3.66. The lowest BCUT2D eigenvalue weighted by Crippen LogP contribution is -1.95. The van der Waals surface area contributed by atoms with Crippen LogP contribution in [0.15, 0.2) is 6.07 Å². The molecule has 3 heteroatoms. The molecule has 1 aliphatic heterocycles. The average Bonchev–Trinajstić information content (AvgIpc) is 2.36. The first kappa shape index (κ1) is 6.46. The van der Waals surface area contributed by atoms with Crippen molar-refractivity contribution < 1.29 is 4.74 Å². The molecule has 1 aromatic rings. The third kappa shape index (κ3) is 0.926. The van der Waals surface area contributed by atoms with Crippen molar-refractivity contribution in [1.29, 1.82) is 0 Å². The molecule has 0 amide bonds. The largest absolute Gasteiger partial charge is 0.477 e. The second kappa shape index (κ2) is 2.12. The lowest BCUT2D eigenvalue weighted by molar-refractivity contribution is 0.345. The Labute approximate surface area is 65.2 Å². The topological polar surface area (TPSA) is 48.1 Å². The number of hydrogen-bond acceptors (Lipinski definition) is 3. The van der Waals surface area contributed by atoms with E-state index >= 15 is 0 Å². The molecule has 2 N–H and O–H groups in total. The number of ether oxygens (including phenoxy) is 1. The normalized spacial score (nSPS) is 14.3. The fraction of sp³-hybridized carbons (Fsp3) is 0.375. The van der Waals surface area contributed by atoms with Gasteiger partial charge in [-0.05, 0) is 18.6 Å². The summed E-state index contributed by atoms with van der Waals surface area (Å²) in [5.41, 5.74) is 7.82. The van der Waals surface area contributed by atoms with E-state index in [2.05, 4.69) is 4.98 Å². The Morgan fingerprint density at radius 3 is 3.27 bits per heavy atom. The van der Waals surface area contributed by atoms with Crippen LogP contribution in [0, 0.1) is 6.92 Å². The molecule has 0 aromatic carbocycles. The fourth-order valence-corrected chi connectivity index (χ4v) is 1.23. The summed E-state index contributed by atoms with van der Waals surface area (Å²) in [6, 6.07) is 2.05. The van der Waals surface area contributed by atoms with Crippen molar-refractivity contribution in [2.24, 2.45) is 0 Å². The molecule has 0 aliphatic carbocycles. The van der Waals surface area contributed by atoms with E-state index in [1.54, 1.807) is 0 Å². The molecule has 0 radical (unpaired) electrons. The third-order valence-corrected chi connectivity index (χ3v) is 1.90. The van der Waals surface area contributed by atoms with Crippen LogP contribution in [-0.2, 0) is 6.42 Å². The van der Waals surface area contributed by atoms with Crippen LogP contribution in [-0.4, -0.2) is 11.6 Å². The molecule has 2 heterocycles. The van der Waals surface area contributed by atoms with Crippen LogP contribution >= 0.6 is 0 Å². The van der Waals surface area contributed by atoms with Crippen molar-refractivity contribution in [3.05, 3.63) is 17.2 Å². The Bertz CT molecular complexity index is 267. The quantitative estimate of drug-likeness (QED) is 0.598. The molecule has 0 saturated heterocycles. The summed E-state index contributed by atoms with van der Waals surface area (Å²) in [7, 11) is 0. The van der Waals surface area contributed by atoms with Crippen molar-refractivity contribution in [2.75, 3.05) is 12.3 Å². The third-order valence-electron chi connectivity index (χ3n) is 1.90. The molecule has 2 rings (SSSR count). The number of anilines is 1. The molecular formula is C8H10N2O. The first-order valence-corrected chi connectivity index (χ1v) is 3.66. The Balaban J connectivity index is 2.57. The zero-order valence-corrected chi connectivity index (χ0v) is 6.42. The van der Waals surface area contributed by atoms with Gasteiger partial charge in [0.25, 0.3) is 0 Å². The SMILES string of the molecule is Cc1cc2c(nc1N)OCC2. The number of rotatable bonds is 0. The van der Waals surface area contributed by atoms with Gasteiger partial charge in [-0.25, -0.2) is 0 Å². The minimum atomic E-state index is 0.575. The van der Waals surface area contributed by atoms with Gasteiger partial charge in [0.1, 0.15) is 5.82 Å². The van der Waals surface area contributed by atoms with Crippen LogP contribution in [0.1, 0.15) is 11.1 Å². The second-order valence-corrected chi connectivity index (χ2v) is 2.75. The maximum atomic E-state index is 5.60. The second-order valence-electron chi connectivity index (χ2n) is 2.75. The van der Waals surface area contributed by atoms with Crippen LogP contribution in [0.5, 0.6) is 5.88 Å². The van der Waals surface area contributed by atoms with Crippen LogP contribution in [0.4, 0.5) is 5.82 Å². The highest BCUT2D eigenvalue weighted by atomic mass is 16.5. The van der Waals surface area contributed by atoms with Crippen LogP contribution in [0.2, 0.25) is 0 Å². The van der Waals surface area contributed by atoms with E-state index in [4.69, 9.17) is 10.5 Å². The van der Waals surface area contributed by atoms with Crippen molar-refractivity contribution in [1.82, 2.24) is 4.98 Å². The highest BCUT2D eigenvalue weighted by molar-refractivity contribution is 5.46.